The second-order valence-corrected chi connectivity index (χ2v) is 7.53. The first kappa shape index (κ1) is 19.9. The Kier molecular flexibility index (Phi) is 5.74. The number of hydrogen-bond donors (Lipinski definition) is 5. The Bertz CT molecular complexity index is 669. The predicted octanol–water partition coefficient (Wildman–Crippen LogP) is -1.31. The number of likely N-dealkylation sites (N-methyl/N-ethyl adjacent to an activating group) is 1. The second kappa shape index (κ2) is 7.48. The number of nitrogens with zero attached hydrogens (tertiary/aromatic N) is 6. The van der Waals surface area contributed by atoms with Gasteiger partial charge in [-0.05, 0) is 6.42 Å². The van der Waals surface area contributed by atoms with Gasteiger partial charge < -0.3 is 21.6 Å². The summed E-state index contributed by atoms with van der Waals surface area (Å²) in [5.41, 5.74) is 6.35. The number of amidine groups is 1. The third-order valence-electron chi connectivity index (χ3n) is 4.18. The molecule has 2 rings (SSSR count). The summed E-state index contributed by atoms with van der Waals surface area (Å²) in [6.07, 6.45) is 0.263. The number of rotatable bonds is 4. The second-order valence-electron chi connectivity index (χ2n) is 7.53. The largest absolute Gasteiger partial charge is 0.393 e. The SMILES string of the molecule is CN(N)/C(CN(N)c1nc(C(C)(C)C)nc(N2CCC(O)C2)c1N)=N\N. The van der Waals surface area contributed by atoms with E-state index in [1.807, 2.05) is 25.7 Å². The predicted molar refractivity (Wildman–Crippen MR) is 103 cm³/mol. The number of aliphatic hydroxyl groups excluding tert-OH is 1. The molecule has 0 amide bonds. The molecular formula is C15H30N10O. The van der Waals surface area contributed by atoms with Gasteiger partial charge in [-0.2, -0.15) is 5.10 Å². The van der Waals surface area contributed by atoms with Gasteiger partial charge >= 0.3 is 0 Å². The number of aromatic nitrogens is 2. The zero-order valence-electron chi connectivity index (χ0n) is 15.8. The summed E-state index contributed by atoms with van der Waals surface area (Å²) in [5.74, 6) is 19.1. The highest BCUT2D eigenvalue weighted by Crippen LogP contribution is 2.34. The summed E-state index contributed by atoms with van der Waals surface area (Å²) in [5, 5.41) is 16.1. The van der Waals surface area contributed by atoms with Crippen LogP contribution in [0.15, 0.2) is 5.10 Å². The Morgan fingerprint density at radius 3 is 2.46 bits per heavy atom. The molecule has 26 heavy (non-hydrogen) atoms. The smallest absolute Gasteiger partial charge is 0.172 e. The van der Waals surface area contributed by atoms with Crippen molar-refractivity contribution in [2.24, 2.45) is 22.6 Å². The molecule has 1 unspecified atom stereocenters. The topological polar surface area (TPSA) is 172 Å². The molecule has 0 aliphatic carbocycles. The minimum atomic E-state index is -0.401. The Hall–Kier alpha value is -2.37. The third-order valence-corrected chi connectivity index (χ3v) is 4.18. The van der Waals surface area contributed by atoms with E-state index in [0.717, 1.165) is 0 Å². The van der Waals surface area contributed by atoms with Crippen LogP contribution in [0.5, 0.6) is 0 Å². The summed E-state index contributed by atoms with van der Waals surface area (Å²) in [4.78, 5) is 11.2. The van der Waals surface area contributed by atoms with Gasteiger partial charge in [0.1, 0.15) is 11.5 Å². The number of hydrazone groups is 1. The van der Waals surface area contributed by atoms with Crippen LogP contribution in [-0.2, 0) is 5.41 Å². The monoisotopic (exact) mass is 366 g/mol. The number of β-amino-alcohol motifs (C(OH)–C–C–N with tert-alkyl or cyclic N) is 1. The molecule has 11 nitrogen and oxygen atoms in total. The molecule has 1 aromatic heterocycles. The van der Waals surface area contributed by atoms with Crippen molar-refractivity contribution in [3.8, 4) is 0 Å². The van der Waals surface area contributed by atoms with Gasteiger partial charge in [0.15, 0.2) is 17.5 Å². The fourth-order valence-electron chi connectivity index (χ4n) is 2.65. The van der Waals surface area contributed by atoms with Crippen LogP contribution in [0.25, 0.3) is 0 Å². The van der Waals surface area contributed by atoms with Crippen LogP contribution in [-0.4, -0.2) is 58.7 Å². The van der Waals surface area contributed by atoms with Gasteiger partial charge in [-0.25, -0.2) is 21.7 Å². The summed E-state index contributed by atoms with van der Waals surface area (Å²) in [7, 11) is 1.61. The van der Waals surface area contributed by atoms with E-state index in [4.69, 9.17) is 23.3 Å². The fourth-order valence-corrected chi connectivity index (χ4v) is 2.65. The molecular weight excluding hydrogens is 336 g/mol. The first-order valence-corrected chi connectivity index (χ1v) is 8.43. The molecule has 9 N–H and O–H groups in total. The minimum absolute atomic E-state index is 0.121. The van der Waals surface area contributed by atoms with Crippen LogP contribution < -0.4 is 33.2 Å². The zero-order chi connectivity index (χ0) is 19.6. The Balaban J connectivity index is 2.47. The average molecular weight is 366 g/mol. The summed E-state index contributed by atoms with van der Waals surface area (Å²) < 4.78 is 0. The number of hydrogen-bond acceptors (Lipinski definition) is 10. The Labute approximate surface area is 153 Å². The lowest BCUT2D eigenvalue weighted by atomic mass is 9.95. The van der Waals surface area contributed by atoms with Gasteiger partial charge in [-0.1, -0.05) is 20.8 Å². The quantitative estimate of drug-likeness (QED) is 0.186. The molecule has 1 aliphatic rings. The molecule has 2 heterocycles. The maximum Gasteiger partial charge on any atom is 0.172 e. The van der Waals surface area contributed by atoms with Crippen LogP contribution in [0.4, 0.5) is 17.3 Å². The van der Waals surface area contributed by atoms with Gasteiger partial charge in [-0.15, -0.1) is 0 Å². The number of nitrogen functional groups attached to an aromatic ring is 1. The highest BCUT2D eigenvalue weighted by Gasteiger charge is 2.29. The summed E-state index contributed by atoms with van der Waals surface area (Å²) in [6, 6.07) is 0. The highest BCUT2D eigenvalue weighted by atomic mass is 16.3. The Morgan fingerprint density at radius 2 is 2.00 bits per heavy atom. The van der Waals surface area contributed by atoms with E-state index in [0.29, 0.717) is 48.5 Å². The van der Waals surface area contributed by atoms with E-state index in [1.165, 1.54) is 10.0 Å². The normalized spacial score (nSPS) is 18.3. The zero-order valence-corrected chi connectivity index (χ0v) is 15.8. The molecule has 0 saturated carbocycles. The van der Waals surface area contributed by atoms with Gasteiger partial charge in [0.05, 0.1) is 12.6 Å². The van der Waals surface area contributed by atoms with Gasteiger partial charge in [0.2, 0.25) is 0 Å². The van der Waals surface area contributed by atoms with E-state index < -0.39 is 6.10 Å². The van der Waals surface area contributed by atoms with Crippen LogP contribution in [0.3, 0.4) is 0 Å². The van der Waals surface area contributed by atoms with Crippen molar-refractivity contribution >= 4 is 23.2 Å². The van der Waals surface area contributed by atoms with Crippen molar-refractivity contribution in [1.82, 2.24) is 15.0 Å². The lowest BCUT2D eigenvalue weighted by Crippen LogP contribution is -2.46. The van der Waals surface area contributed by atoms with Gasteiger partial charge in [-0.3, -0.25) is 10.0 Å². The molecule has 0 aromatic carbocycles. The standard InChI is InChI=1S/C15H30N10O/c1-15(2,3)14-20-12(24-6-5-9(26)7-24)11(16)13(21-14)25(19)8-10(22-17)23(4)18/h9,26H,5-8,16-19H2,1-4H3/b22-10-. The van der Waals surface area contributed by atoms with Crippen molar-refractivity contribution in [3.63, 3.8) is 0 Å². The van der Waals surface area contributed by atoms with Crippen molar-refractivity contribution in [1.29, 1.82) is 0 Å². The molecule has 1 saturated heterocycles. The van der Waals surface area contributed by atoms with Crippen LogP contribution in [0.2, 0.25) is 0 Å². The maximum atomic E-state index is 9.86. The molecule has 1 atom stereocenters. The third kappa shape index (κ3) is 4.23. The Morgan fingerprint density at radius 1 is 1.35 bits per heavy atom. The first-order chi connectivity index (χ1) is 12.0. The van der Waals surface area contributed by atoms with E-state index in [-0.39, 0.29) is 12.0 Å². The molecule has 1 aliphatic heterocycles. The van der Waals surface area contributed by atoms with Gasteiger partial charge in [0.25, 0.3) is 0 Å². The van der Waals surface area contributed by atoms with Crippen molar-refractivity contribution in [2.45, 2.75) is 38.7 Å². The lowest BCUT2D eigenvalue weighted by Gasteiger charge is -2.28. The van der Waals surface area contributed by atoms with E-state index >= 15 is 0 Å². The maximum absolute atomic E-state index is 9.86. The molecule has 11 heteroatoms. The highest BCUT2D eigenvalue weighted by molar-refractivity contribution is 5.87. The lowest BCUT2D eigenvalue weighted by molar-refractivity contribution is 0.198. The molecule has 0 spiro atoms. The van der Waals surface area contributed by atoms with Crippen LogP contribution in [0.1, 0.15) is 33.0 Å². The molecule has 146 valence electrons. The summed E-state index contributed by atoms with van der Waals surface area (Å²) in [6.45, 7) is 7.27. The summed E-state index contributed by atoms with van der Waals surface area (Å²) >= 11 is 0. The van der Waals surface area contributed by atoms with Crippen molar-refractivity contribution < 1.29 is 5.11 Å². The van der Waals surface area contributed by atoms with Crippen molar-refractivity contribution in [2.75, 3.05) is 42.3 Å². The number of anilines is 3. The van der Waals surface area contributed by atoms with Gasteiger partial charge in [0, 0.05) is 25.6 Å². The van der Waals surface area contributed by atoms with E-state index in [2.05, 4.69) is 15.1 Å². The number of hydrazine groups is 2. The fraction of sp³-hybridized carbons (Fsp3) is 0.667. The van der Waals surface area contributed by atoms with E-state index in [9.17, 15) is 5.11 Å². The van der Waals surface area contributed by atoms with Crippen LogP contribution in [0, 0.1) is 0 Å². The first-order valence-electron chi connectivity index (χ1n) is 8.43. The molecule has 0 bridgehead atoms. The minimum Gasteiger partial charge on any atom is -0.393 e. The molecule has 1 aromatic rings. The molecule has 0 radical (unpaired) electrons. The number of nitrogens with two attached hydrogens (primary N) is 4. The molecule has 1 fully saturated rings. The van der Waals surface area contributed by atoms with Crippen molar-refractivity contribution in [3.05, 3.63) is 5.82 Å². The number of aliphatic hydroxyl groups is 1. The average Bonchev–Trinajstić information content (AvgIpc) is 2.97. The van der Waals surface area contributed by atoms with E-state index in [1.54, 1.807) is 7.05 Å². The van der Waals surface area contributed by atoms with Crippen LogP contribution >= 0.6 is 0 Å².